The largest absolute Gasteiger partial charge is 0.487 e. The highest BCUT2D eigenvalue weighted by Gasteiger charge is 2.25. The van der Waals surface area contributed by atoms with Crippen molar-refractivity contribution in [2.45, 2.75) is 59.0 Å². The molecule has 0 bridgehead atoms. The second-order valence-corrected chi connectivity index (χ2v) is 8.96. The molecule has 0 saturated heterocycles. The van der Waals surface area contributed by atoms with Gasteiger partial charge in [0.05, 0.1) is 4.47 Å². The molecule has 0 N–H and O–H groups in total. The van der Waals surface area contributed by atoms with Crippen molar-refractivity contribution >= 4 is 15.9 Å². The van der Waals surface area contributed by atoms with E-state index in [-0.39, 0.29) is 10.8 Å². The van der Waals surface area contributed by atoms with E-state index in [0.717, 1.165) is 10.2 Å². The molecule has 0 aliphatic heterocycles. The van der Waals surface area contributed by atoms with E-state index in [1.54, 1.807) is 0 Å². The van der Waals surface area contributed by atoms with Gasteiger partial charge in [0.2, 0.25) is 0 Å². The van der Waals surface area contributed by atoms with Crippen molar-refractivity contribution in [1.29, 1.82) is 0 Å². The first kappa shape index (κ1) is 18.1. The highest BCUT2D eigenvalue weighted by Crippen LogP contribution is 2.41. The maximum Gasteiger partial charge on any atom is 0.137 e. The van der Waals surface area contributed by atoms with Crippen molar-refractivity contribution in [2.75, 3.05) is 0 Å². The minimum Gasteiger partial charge on any atom is -0.487 e. The normalized spacial score (nSPS) is 12.3. The van der Waals surface area contributed by atoms with Gasteiger partial charge in [-0.15, -0.1) is 0 Å². The molecule has 2 rings (SSSR count). The van der Waals surface area contributed by atoms with Crippen LogP contribution in [0.2, 0.25) is 0 Å². The standard InChI is InChI=1S/C21H27BrO/c1-20(2,3)16-12-17(21(4,5)6)19(18(22)13-16)23-14-15-10-8-7-9-11-15/h7-13H,14H2,1-6H3. The smallest absolute Gasteiger partial charge is 0.137 e. The van der Waals surface area contributed by atoms with E-state index in [1.807, 2.05) is 18.2 Å². The predicted octanol–water partition coefficient (Wildman–Crippen LogP) is 6.62. The first-order valence-electron chi connectivity index (χ1n) is 8.10. The number of halogens is 1. The molecule has 0 radical (unpaired) electrons. The summed E-state index contributed by atoms with van der Waals surface area (Å²) in [6.07, 6.45) is 0. The van der Waals surface area contributed by atoms with Gasteiger partial charge in [-0.05, 0) is 44.0 Å². The minimum absolute atomic E-state index is 0.0236. The fourth-order valence-electron chi connectivity index (χ4n) is 2.46. The molecule has 0 aromatic heterocycles. The van der Waals surface area contributed by atoms with Crippen LogP contribution in [0.1, 0.15) is 58.2 Å². The maximum absolute atomic E-state index is 6.20. The van der Waals surface area contributed by atoms with Crippen molar-refractivity contribution in [3.05, 3.63) is 63.6 Å². The lowest BCUT2D eigenvalue weighted by atomic mass is 9.80. The SMILES string of the molecule is CC(C)(C)c1cc(Br)c(OCc2ccccc2)c(C(C)(C)C)c1. The monoisotopic (exact) mass is 374 g/mol. The van der Waals surface area contributed by atoms with Gasteiger partial charge in [-0.3, -0.25) is 0 Å². The molecule has 23 heavy (non-hydrogen) atoms. The highest BCUT2D eigenvalue weighted by atomic mass is 79.9. The Balaban J connectivity index is 2.41. The molecule has 0 atom stereocenters. The highest BCUT2D eigenvalue weighted by molar-refractivity contribution is 9.10. The van der Waals surface area contributed by atoms with Crippen molar-refractivity contribution in [1.82, 2.24) is 0 Å². The van der Waals surface area contributed by atoms with Crippen LogP contribution in [0.25, 0.3) is 0 Å². The summed E-state index contributed by atoms with van der Waals surface area (Å²) < 4.78 is 7.23. The molecule has 0 saturated carbocycles. The Morgan fingerprint density at radius 2 is 1.48 bits per heavy atom. The molecular weight excluding hydrogens is 348 g/mol. The lowest BCUT2D eigenvalue weighted by Crippen LogP contribution is -2.18. The first-order chi connectivity index (χ1) is 10.6. The Morgan fingerprint density at radius 3 is 2.00 bits per heavy atom. The molecule has 1 nitrogen and oxygen atoms in total. The topological polar surface area (TPSA) is 9.23 Å². The van der Waals surface area contributed by atoms with Gasteiger partial charge in [0.25, 0.3) is 0 Å². The van der Waals surface area contributed by atoms with Crippen LogP contribution in [-0.2, 0) is 17.4 Å². The van der Waals surface area contributed by atoms with Crippen molar-refractivity contribution < 1.29 is 4.74 Å². The van der Waals surface area contributed by atoms with Crippen LogP contribution in [0, 0.1) is 0 Å². The fourth-order valence-corrected chi connectivity index (χ4v) is 3.03. The average molecular weight is 375 g/mol. The Hall–Kier alpha value is -1.28. The summed E-state index contributed by atoms with van der Waals surface area (Å²) in [5.41, 5.74) is 3.88. The third-order valence-electron chi connectivity index (χ3n) is 3.94. The van der Waals surface area contributed by atoms with Gasteiger partial charge in [0.1, 0.15) is 12.4 Å². The number of hydrogen-bond acceptors (Lipinski definition) is 1. The summed E-state index contributed by atoms with van der Waals surface area (Å²) in [6, 6.07) is 14.8. The molecule has 0 aliphatic carbocycles. The molecule has 0 fully saturated rings. The molecule has 0 amide bonds. The van der Waals surface area contributed by atoms with Crippen molar-refractivity contribution in [3.63, 3.8) is 0 Å². The molecule has 2 aromatic carbocycles. The van der Waals surface area contributed by atoms with Gasteiger partial charge in [-0.2, -0.15) is 0 Å². The quantitative estimate of drug-likeness (QED) is 0.586. The van der Waals surface area contributed by atoms with E-state index in [0.29, 0.717) is 6.61 Å². The Labute approximate surface area is 149 Å². The Bertz CT molecular complexity index is 661. The van der Waals surface area contributed by atoms with Crippen LogP contribution < -0.4 is 4.74 Å². The zero-order valence-corrected chi connectivity index (χ0v) is 16.6. The number of hydrogen-bond donors (Lipinski definition) is 0. The summed E-state index contributed by atoms with van der Waals surface area (Å²) in [6.45, 7) is 14.0. The van der Waals surface area contributed by atoms with E-state index < -0.39 is 0 Å². The lowest BCUT2D eigenvalue weighted by Gasteiger charge is -2.28. The van der Waals surface area contributed by atoms with Gasteiger partial charge in [0, 0.05) is 5.56 Å². The summed E-state index contributed by atoms with van der Waals surface area (Å²) in [5, 5.41) is 0. The third kappa shape index (κ3) is 4.60. The molecule has 2 aromatic rings. The minimum atomic E-state index is 0.0236. The van der Waals surface area contributed by atoms with E-state index in [2.05, 4.69) is 81.7 Å². The van der Waals surface area contributed by atoms with Gasteiger partial charge >= 0.3 is 0 Å². The van der Waals surface area contributed by atoms with Crippen molar-refractivity contribution in [2.24, 2.45) is 0 Å². The van der Waals surface area contributed by atoms with E-state index in [9.17, 15) is 0 Å². The molecule has 0 spiro atoms. The van der Waals surface area contributed by atoms with Crippen LogP contribution in [0.4, 0.5) is 0 Å². The van der Waals surface area contributed by atoms with Crippen LogP contribution in [0.15, 0.2) is 46.9 Å². The van der Waals surface area contributed by atoms with Crippen LogP contribution >= 0.6 is 15.9 Å². The number of benzene rings is 2. The van der Waals surface area contributed by atoms with Crippen LogP contribution in [0.5, 0.6) is 5.75 Å². The third-order valence-corrected chi connectivity index (χ3v) is 4.53. The lowest BCUT2D eigenvalue weighted by molar-refractivity contribution is 0.295. The maximum atomic E-state index is 6.20. The van der Waals surface area contributed by atoms with E-state index >= 15 is 0 Å². The molecule has 0 unspecified atom stereocenters. The van der Waals surface area contributed by atoms with Crippen molar-refractivity contribution in [3.8, 4) is 5.75 Å². The zero-order chi connectivity index (χ0) is 17.3. The van der Waals surface area contributed by atoms with Gasteiger partial charge in [-0.1, -0.05) is 77.9 Å². The second-order valence-electron chi connectivity index (χ2n) is 8.11. The van der Waals surface area contributed by atoms with Crippen LogP contribution in [-0.4, -0.2) is 0 Å². The van der Waals surface area contributed by atoms with Crippen LogP contribution in [0.3, 0.4) is 0 Å². The van der Waals surface area contributed by atoms with E-state index in [1.165, 1.54) is 16.7 Å². The molecule has 2 heteroatoms. The second kappa shape index (κ2) is 6.68. The molecule has 0 heterocycles. The fraction of sp³-hybridized carbons (Fsp3) is 0.429. The Morgan fingerprint density at radius 1 is 0.870 bits per heavy atom. The van der Waals surface area contributed by atoms with Gasteiger partial charge < -0.3 is 4.74 Å². The average Bonchev–Trinajstić information content (AvgIpc) is 2.44. The summed E-state index contributed by atoms with van der Waals surface area (Å²) in [7, 11) is 0. The Kier molecular flexibility index (Phi) is 5.25. The molecule has 124 valence electrons. The summed E-state index contributed by atoms with van der Waals surface area (Å²) in [4.78, 5) is 0. The van der Waals surface area contributed by atoms with E-state index in [4.69, 9.17) is 4.74 Å². The molecule has 0 aliphatic rings. The summed E-state index contributed by atoms with van der Waals surface area (Å²) >= 11 is 3.73. The van der Waals surface area contributed by atoms with Gasteiger partial charge in [-0.25, -0.2) is 0 Å². The predicted molar refractivity (Wildman–Crippen MR) is 102 cm³/mol. The number of ether oxygens (including phenoxy) is 1. The first-order valence-corrected chi connectivity index (χ1v) is 8.89. The van der Waals surface area contributed by atoms with Gasteiger partial charge in [0.15, 0.2) is 0 Å². The zero-order valence-electron chi connectivity index (χ0n) is 15.0. The summed E-state index contributed by atoms with van der Waals surface area (Å²) in [5.74, 6) is 0.953. The number of rotatable bonds is 3. The molecular formula is C21H27BrO.